The van der Waals surface area contributed by atoms with Crippen LogP contribution in [0.5, 0.6) is 0 Å². The topological polar surface area (TPSA) is 62.5 Å². The van der Waals surface area contributed by atoms with Crippen molar-refractivity contribution in [3.05, 3.63) is 35.8 Å². The van der Waals surface area contributed by atoms with Crippen LogP contribution in [0.1, 0.15) is 10.5 Å². The summed E-state index contributed by atoms with van der Waals surface area (Å²) >= 11 is 0. The highest BCUT2D eigenvalue weighted by molar-refractivity contribution is 6.08. The third-order valence-corrected chi connectivity index (χ3v) is 2.80. The lowest BCUT2D eigenvalue weighted by molar-refractivity contribution is -0.156. The summed E-state index contributed by atoms with van der Waals surface area (Å²) in [6, 6.07) is 5.49. The molecular formula is C11H7FN2O3. The molecule has 1 aromatic heterocycles. The number of carbonyl (C=O) groups excluding carboxylic acids is 2. The van der Waals surface area contributed by atoms with E-state index in [-0.39, 0.29) is 17.3 Å². The van der Waals surface area contributed by atoms with E-state index < -0.39 is 17.6 Å². The molecule has 1 N–H and O–H groups in total. The van der Waals surface area contributed by atoms with Crippen LogP contribution in [0.25, 0.3) is 10.9 Å². The lowest BCUT2D eigenvalue weighted by Gasteiger charge is -2.20. The molecule has 2 amide bonds. The van der Waals surface area contributed by atoms with E-state index in [4.69, 9.17) is 0 Å². The van der Waals surface area contributed by atoms with Gasteiger partial charge in [0.2, 0.25) is 0 Å². The second-order valence-corrected chi connectivity index (χ2v) is 3.83. The molecule has 1 aliphatic heterocycles. The Morgan fingerprint density at radius 2 is 2.00 bits per heavy atom. The number of benzene rings is 1. The lowest BCUT2D eigenvalue weighted by Crippen LogP contribution is -2.42. The molecule has 0 saturated carbocycles. The van der Waals surface area contributed by atoms with Gasteiger partial charge in [0.05, 0.1) is 0 Å². The Morgan fingerprint density at radius 1 is 1.24 bits per heavy atom. The Kier molecular flexibility index (Phi) is 1.84. The number of halogens is 1. The molecule has 6 heteroatoms. The molecule has 3 rings (SSSR count). The summed E-state index contributed by atoms with van der Waals surface area (Å²) in [5, 5.41) is 9.83. The van der Waals surface area contributed by atoms with E-state index in [1.54, 1.807) is 0 Å². The molecule has 1 aromatic carbocycles. The number of amides is 2. The van der Waals surface area contributed by atoms with Crippen LogP contribution in [0, 0.1) is 5.82 Å². The lowest BCUT2D eigenvalue weighted by atomic mass is 10.2. The Morgan fingerprint density at radius 3 is 2.76 bits per heavy atom. The molecule has 0 atom stereocenters. The fourth-order valence-corrected chi connectivity index (χ4v) is 2.01. The van der Waals surface area contributed by atoms with Gasteiger partial charge in [-0.25, -0.2) is 4.39 Å². The number of fused-ring (bicyclic) bond motifs is 3. The van der Waals surface area contributed by atoms with Gasteiger partial charge in [-0.3, -0.25) is 14.8 Å². The molecule has 0 fully saturated rings. The van der Waals surface area contributed by atoms with Gasteiger partial charge in [-0.1, -0.05) is 0 Å². The van der Waals surface area contributed by atoms with Gasteiger partial charge in [0.1, 0.15) is 18.1 Å². The minimum Gasteiger partial charge on any atom is -0.327 e. The predicted octanol–water partition coefficient (Wildman–Crippen LogP) is 1.15. The van der Waals surface area contributed by atoms with E-state index in [1.807, 2.05) is 0 Å². The highest BCUT2D eigenvalue weighted by Gasteiger charge is 2.31. The van der Waals surface area contributed by atoms with E-state index in [0.717, 1.165) is 0 Å². The number of hydrogen-bond acceptors (Lipinski definition) is 3. The molecule has 0 unspecified atom stereocenters. The van der Waals surface area contributed by atoms with E-state index >= 15 is 0 Å². The largest absolute Gasteiger partial charge is 0.327 e. The van der Waals surface area contributed by atoms with Crippen molar-refractivity contribution in [1.82, 2.24) is 9.63 Å². The molecule has 0 aliphatic carbocycles. The van der Waals surface area contributed by atoms with Gasteiger partial charge in [0, 0.05) is 10.9 Å². The van der Waals surface area contributed by atoms with Crippen LogP contribution in [-0.4, -0.2) is 26.7 Å². The SMILES string of the molecule is O=C1Cn2c(cc3cc(F)ccc32)C(=O)N1O. The summed E-state index contributed by atoms with van der Waals surface area (Å²) in [7, 11) is 0. The average molecular weight is 234 g/mol. The van der Waals surface area contributed by atoms with Crippen LogP contribution < -0.4 is 0 Å². The van der Waals surface area contributed by atoms with Crippen molar-refractivity contribution in [2.24, 2.45) is 0 Å². The zero-order chi connectivity index (χ0) is 12.2. The van der Waals surface area contributed by atoms with Crippen molar-refractivity contribution in [2.75, 3.05) is 0 Å². The van der Waals surface area contributed by atoms with Crippen LogP contribution in [0.2, 0.25) is 0 Å². The normalized spacial score (nSPS) is 15.5. The van der Waals surface area contributed by atoms with Crippen LogP contribution in [0.3, 0.4) is 0 Å². The minimum absolute atomic E-state index is 0.0879. The van der Waals surface area contributed by atoms with Crippen LogP contribution in [0.15, 0.2) is 24.3 Å². The number of imide groups is 1. The molecule has 2 aromatic rings. The molecule has 1 aliphatic rings. The first-order valence-electron chi connectivity index (χ1n) is 4.93. The first-order chi connectivity index (χ1) is 8.08. The van der Waals surface area contributed by atoms with Crippen molar-refractivity contribution < 1.29 is 19.2 Å². The molecule has 0 bridgehead atoms. The number of nitrogens with zero attached hydrogens (tertiary/aromatic N) is 2. The van der Waals surface area contributed by atoms with Crippen LogP contribution in [-0.2, 0) is 11.3 Å². The number of hydroxylamine groups is 2. The van der Waals surface area contributed by atoms with Crippen molar-refractivity contribution in [3.63, 3.8) is 0 Å². The zero-order valence-electron chi connectivity index (χ0n) is 8.55. The van der Waals surface area contributed by atoms with Gasteiger partial charge in [-0.05, 0) is 24.3 Å². The second-order valence-electron chi connectivity index (χ2n) is 3.83. The molecule has 17 heavy (non-hydrogen) atoms. The summed E-state index contributed by atoms with van der Waals surface area (Å²) in [6.07, 6.45) is 0. The first-order valence-corrected chi connectivity index (χ1v) is 4.93. The molecule has 2 heterocycles. The quantitative estimate of drug-likeness (QED) is 0.549. The van der Waals surface area contributed by atoms with Gasteiger partial charge >= 0.3 is 5.91 Å². The summed E-state index contributed by atoms with van der Waals surface area (Å²) in [5.74, 6) is -1.91. The second kappa shape index (κ2) is 3.14. The molecule has 86 valence electrons. The maximum atomic E-state index is 13.0. The Bertz CT molecular complexity index is 662. The van der Waals surface area contributed by atoms with Gasteiger partial charge in [-0.2, -0.15) is 0 Å². The molecule has 0 saturated heterocycles. The Balaban J connectivity index is 2.32. The minimum atomic E-state index is -0.794. The van der Waals surface area contributed by atoms with Gasteiger partial charge < -0.3 is 4.57 Å². The van der Waals surface area contributed by atoms with Gasteiger partial charge in [0.15, 0.2) is 0 Å². The third kappa shape index (κ3) is 1.27. The van der Waals surface area contributed by atoms with E-state index in [9.17, 15) is 19.2 Å². The van der Waals surface area contributed by atoms with E-state index in [0.29, 0.717) is 10.9 Å². The van der Waals surface area contributed by atoms with Crippen molar-refractivity contribution in [3.8, 4) is 0 Å². The monoisotopic (exact) mass is 234 g/mol. The van der Waals surface area contributed by atoms with Crippen molar-refractivity contribution in [2.45, 2.75) is 6.54 Å². The van der Waals surface area contributed by atoms with Crippen molar-refractivity contribution in [1.29, 1.82) is 0 Å². The number of aromatic nitrogens is 1. The maximum Gasteiger partial charge on any atom is 0.301 e. The number of carbonyl (C=O) groups is 2. The van der Waals surface area contributed by atoms with Crippen LogP contribution in [0.4, 0.5) is 4.39 Å². The Hall–Kier alpha value is -2.21. The fourth-order valence-electron chi connectivity index (χ4n) is 2.01. The summed E-state index contributed by atoms with van der Waals surface area (Å²) in [4.78, 5) is 23.0. The zero-order valence-corrected chi connectivity index (χ0v) is 8.55. The summed E-state index contributed by atoms with van der Waals surface area (Å²) in [6.45, 7) is -0.132. The van der Waals surface area contributed by atoms with Crippen molar-refractivity contribution >= 4 is 22.7 Å². The number of hydrogen-bond donors (Lipinski definition) is 1. The molecular weight excluding hydrogens is 227 g/mol. The summed E-state index contributed by atoms with van der Waals surface area (Å²) < 4.78 is 14.5. The fraction of sp³-hybridized carbons (Fsp3) is 0.0909. The molecule has 5 nitrogen and oxygen atoms in total. The van der Waals surface area contributed by atoms with Crippen LogP contribution >= 0.6 is 0 Å². The standard InChI is InChI=1S/C11H7FN2O3/c12-7-1-2-8-6(3-7)4-9-11(16)14(17)10(15)5-13(8)9/h1-4,17H,5H2. The smallest absolute Gasteiger partial charge is 0.301 e. The van der Waals surface area contributed by atoms with E-state index in [2.05, 4.69) is 0 Å². The maximum absolute atomic E-state index is 13.0. The highest BCUT2D eigenvalue weighted by atomic mass is 19.1. The van der Waals surface area contributed by atoms with E-state index in [1.165, 1.54) is 28.8 Å². The molecule has 0 spiro atoms. The highest BCUT2D eigenvalue weighted by Crippen LogP contribution is 2.24. The van der Waals surface area contributed by atoms with Gasteiger partial charge in [0.25, 0.3) is 5.91 Å². The third-order valence-electron chi connectivity index (χ3n) is 2.80. The molecule has 0 radical (unpaired) electrons. The Labute approximate surface area is 94.6 Å². The summed E-state index contributed by atoms with van der Waals surface area (Å²) in [5.41, 5.74) is 0.768. The van der Waals surface area contributed by atoms with Gasteiger partial charge in [-0.15, -0.1) is 5.06 Å². The predicted molar refractivity (Wildman–Crippen MR) is 54.9 cm³/mol. The average Bonchev–Trinajstić information content (AvgIpc) is 2.64. The number of rotatable bonds is 0. The first kappa shape index (κ1) is 9.98.